The van der Waals surface area contributed by atoms with Gasteiger partial charge in [-0.15, -0.1) is 0 Å². The van der Waals surface area contributed by atoms with E-state index < -0.39 is 0 Å². The fraction of sp³-hybridized carbons (Fsp3) is 0.375. The molecule has 1 heterocycles. The molecule has 0 unspecified atom stereocenters. The van der Waals surface area contributed by atoms with Crippen molar-refractivity contribution in [2.24, 2.45) is 0 Å². The highest BCUT2D eigenvalue weighted by Crippen LogP contribution is 2.25. The summed E-state index contributed by atoms with van der Waals surface area (Å²) in [5.74, 6) is 0.0606. The predicted octanol–water partition coefficient (Wildman–Crippen LogP) is 6.08. The number of unbranched alkanes of at least 4 members (excludes halogenated alkanes) is 1. The largest absolute Gasteiger partial charge is 0.336 e. The first-order valence-corrected chi connectivity index (χ1v) is 13.4. The summed E-state index contributed by atoms with van der Waals surface area (Å²) in [6.45, 7) is 8.98. The molecule has 0 bridgehead atoms. The van der Waals surface area contributed by atoms with Crippen molar-refractivity contribution >= 4 is 17.5 Å². The third kappa shape index (κ3) is 7.30. The van der Waals surface area contributed by atoms with Gasteiger partial charge in [-0.1, -0.05) is 54.6 Å². The van der Waals surface area contributed by atoms with Gasteiger partial charge in [0.25, 0.3) is 5.91 Å². The molecule has 0 aromatic heterocycles. The van der Waals surface area contributed by atoms with Gasteiger partial charge in [0.15, 0.2) is 0 Å². The van der Waals surface area contributed by atoms with Crippen LogP contribution in [0.3, 0.4) is 0 Å². The lowest BCUT2D eigenvalue weighted by atomic mass is 9.97. The van der Waals surface area contributed by atoms with Crippen LogP contribution in [0.15, 0.2) is 72.8 Å². The minimum Gasteiger partial charge on any atom is -0.336 e. The Balaban J connectivity index is 1.41. The van der Waals surface area contributed by atoms with Crippen molar-refractivity contribution in [1.82, 2.24) is 9.80 Å². The van der Waals surface area contributed by atoms with Gasteiger partial charge in [-0.3, -0.25) is 14.5 Å². The lowest BCUT2D eigenvalue weighted by Gasteiger charge is -2.31. The van der Waals surface area contributed by atoms with Crippen LogP contribution >= 0.6 is 0 Å². The first kappa shape index (κ1) is 26.6. The van der Waals surface area contributed by atoms with E-state index in [2.05, 4.69) is 66.5 Å². The fourth-order valence-electron chi connectivity index (χ4n) is 5.14. The molecule has 0 radical (unpaired) electrons. The maximum absolute atomic E-state index is 13.7. The van der Waals surface area contributed by atoms with Gasteiger partial charge >= 0.3 is 0 Å². The molecule has 5 heteroatoms. The highest BCUT2D eigenvalue weighted by atomic mass is 16.2. The normalized spacial score (nSPS) is 13.3. The molecule has 3 aromatic carbocycles. The van der Waals surface area contributed by atoms with Gasteiger partial charge in [-0.2, -0.15) is 0 Å². The van der Waals surface area contributed by atoms with Crippen molar-refractivity contribution in [2.75, 3.05) is 18.4 Å². The second-order valence-electron chi connectivity index (χ2n) is 10.3. The summed E-state index contributed by atoms with van der Waals surface area (Å²) in [4.78, 5) is 29.6. The molecule has 0 atom stereocenters. The zero-order chi connectivity index (χ0) is 26.2. The van der Waals surface area contributed by atoms with Crippen molar-refractivity contribution in [3.63, 3.8) is 0 Å². The Bertz CT molecular complexity index is 1210. The monoisotopic (exact) mass is 497 g/mol. The maximum Gasteiger partial charge on any atom is 0.254 e. The molecule has 5 nitrogen and oxygen atoms in total. The van der Waals surface area contributed by atoms with E-state index in [1.807, 2.05) is 35.2 Å². The zero-order valence-electron chi connectivity index (χ0n) is 22.4. The second-order valence-corrected chi connectivity index (χ2v) is 10.3. The lowest BCUT2D eigenvalue weighted by molar-refractivity contribution is -0.114. The Labute approximate surface area is 221 Å². The second kappa shape index (κ2) is 12.7. The predicted molar refractivity (Wildman–Crippen MR) is 151 cm³/mol. The number of carbonyl (C=O) groups is 2. The van der Waals surface area contributed by atoms with Crippen LogP contribution in [0.25, 0.3) is 0 Å². The number of anilines is 1. The van der Waals surface area contributed by atoms with Crippen LogP contribution in [-0.2, 0) is 30.7 Å². The number of nitrogens with zero attached hydrogens (tertiary/aromatic N) is 2. The van der Waals surface area contributed by atoms with E-state index in [-0.39, 0.29) is 17.9 Å². The van der Waals surface area contributed by atoms with E-state index >= 15 is 0 Å². The number of hydrogen-bond donors (Lipinski definition) is 1. The Hall–Kier alpha value is -3.44. The Morgan fingerprint density at radius 3 is 2.46 bits per heavy atom. The number of rotatable bonds is 10. The maximum atomic E-state index is 13.7. The summed E-state index contributed by atoms with van der Waals surface area (Å²) in [7, 11) is 0. The third-order valence-electron chi connectivity index (χ3n) is 7.10. The molecule has 37 heavy (non-hydrogen) atoms. The molecule has 2 amide bonds. The van der Waals surface area contributed by atoms with E-state index in [0.29, 0.717) is 0 Å². The van der Waals surface area contributed by atoms with Crippen molar-refractivity contribution < 1.29 is 9.59 Å². The van der Waals surface area contributed by atoms with Crippen molar-refractivity contribution in [2.45, 2.75) is 65.6 Å². The number of fused-ring (bicyclic) bond motifs is 1. The molecular weight excluding hydrogens is 458 g/mol. The van der Waals surface area contributed by atoms with Crippen molar-refractivity contribution in [1.29, 1.82) is 0 Å². The van der Waals surface area contributed by atoms with Crippen molar-refractivity contribution in [3.05, 3.63) is 101 Å². The smallest absolute Gasteiger partial charge is 0.254 e. The van der Waals surface area contributed by atoms with Gasteiger partial charge in [-0.25, -0.2) is 0 Å². The van der Waals surface area contributed by atoms with Crippen LogP contribution in [-0.4, -0.2) is 40.7 Å². The molecule has 0 aliphatic carbocycles. The SMILES string of the molecule is CC(=O)Nc1ccc2c(c1)CN(Cc1ccccc1C(=O)N(CCCCc1ccccc1)C(C)C)CC2. The standard InChI is InChI=1S/C32H39N3O2/c1-24(2)35(19-10-9-13-26-11-5-4-6-12-26)32(37)31-15-8-7-14-28(31)22-34-20-18-27-16-17-30(33-25(3)36)21-29(27)23-34/h4-8,11-12,14-17,21,24H,9-10,13,18-20,22-23H2,1-3H3,(H,33,36). The summed E-state index contributed by atoms with van der Waals surface area (Å²) >= 11 is 0. The topological polar surface area (TPSA) is 52.7 Å². The first-order valence-electron chi connectivity index (χ1n) is 13.4. The van der Waals surface area contributed by atoms with Gasteiger partial charge in [0.2, 0.25) is 5.91 Å². The molecule has 0 fully saturated rings. The van der Waals surface area contributed by atoms with Crippen molar-refractivity contribution in [3.8, 4) is 0 Å². The summed E-state index contributed by atoms with van der Waals surface area (Å²) in [6, 6.07) is 24.9. The number of amides is 2. The Morgan fingerprint density at radius 1 is 0.946 bits per heavy atom. The van der Waals surface area contributed by atoms with E-state index in [1.165, 1.54) is 23.6 Å². The summed E-state index contributed by atoms with van der Waals surface area (Å²) in [5.41, 5.74) is 6.63. The molecule has 1 aliphatic rings. The van der Waals surface area contributed by atoms with Gasteiger partial charge in [0, 0.05) is 50.4 Å². The Morgan fingerprint density at radius 2 is 1.70 bits per heavy atom. The summed E-state index contributed by atoms with van der Waals surface area (Å²) < 4.78 is 0. The molecular formula is C32H39N3O2. The highest BCUT2D eigenvalue weighted by molar-refractivity contribution is 5.96. The van der Waals surface area contributed by atoms with E-state index in [1.54, 1.807) is 0 Å². The molecule has 1 N–H and O–H groups in total. The van der Waals surface area contributed by atoms with Gasteiger partial charge in [0.1, 0.15) is 0 Å². The molecule has 0 saturated heterocycles. The minimum absolute atomic E-state index is 0.0603. The van der Waals surface area contributed by atoms with Crippen LogP contribution in [0.1, 0.15) is 66.2 Å². The molecule has 3 aromatic rings. The summed E-state index contributed by atoms with van der Waals surface area (Å²) in [5, 5.41) is 2.89. The number of carbonyl (C=O) groups excluding carboxylic acids is 2. The number of benzene rings is 3. The number of hydrogen-bond acceptors (Lipinski definition) is 3. The molecule has 0 saturated carbocycles. The molecule has 194 valence electrons. The van der Waals surface area contributed by atoms with Crippen LogP contribution in [0.2, 0.25) is 0 Å². The Kier molecular flexibility index (Phi) is 9.13. The average Bonchev–Trinajstić information content (AvgIpc) is 2.88. The molecule has 4 rings (SSSR count). The highest BCUT2D eigenvalue weighted by Gasteiger charge is 2.23. The van der Waals surface area contributed by atoms with Crippen LogP contribution in [0, 0.1) is 0 Å². The first-order chi connectivity index (χ1) is 17.9. The molecule has 0 spiro atoms. The van der Waals surface area contributed by atoms with Crippen LogP contribution in [0.5, 0.6) is 0 Å². The van der Waals surface area contributed by atoms with E-state index in [4.69, 9.17) is 0 Å². The van der Waals surface area contributed by atoms with Crippen LogP contribution in [0.4, 0.5) is 5.69 Å². The van der Waals surface area contributed by atoms with Crippen LogP contribution < -0.4 is 5.32 Å². The third-order valence-corrected chi connectivity index (χ3v) is 7.10. The van der Waals surface area contributed by atoms with E-state index in [9.17, 15) is 9.59 Å². The number of aryl methyl sites for hydroxylation is 1. The quantitative estimate of drug-likeness (QED) is 0.346. The lowest BCUT2D eigenvalue weighted by Crippen LogP contribution is -2.38. The minimum atomic E-state index is -0.0603. The van der Waals surface area contributed by atoms with E-state index in [0.717, 1.165) is 68.7 Å². The van der Waals surface area contributed by atoms with Gasteiger partial charge in [0.05, 0.1) is 0 Å². The number of nitrogens with one attached hydrogen (secondary N) is 1. The average molecular weight is 498 g/mol. The fourth-order valence-corrected chi connectivity index (χ4v) is 5.14. The van der Waals surface area contributed by atoms with Gasteiger partial charge in [-0.05, 0) is 80.0 Å². The van der Waals surface area contributed by atoms with Gasteiger partial charge < -0.3 is 10.2 Å². The summed E-state index contributed by atoms with van der Waals surface area (Å²) in [6.07, 6.45) is 4.05. The molecule has 1 aliphatic heterocycles. The zero-order valence-corrected chi connectivity index (χ0v) is 22.4.